The Labute approximate surface area is 177 Å². The molecule has 1 aliphatic heterocycles. The van der Waals surface area contributed by atoms with E-state index in [1.807, 2.05) is 24.3 Å². The lowest BCUT2D eigenvalue weighted by molar-refractivity contribution is -0.386. The number of piperazine rings is 1. The Morgan fingerprint density at radius 2 is 1.90 bits per heavy atom. The van der Waals surface area contributed by atoms with Gasteiger partial charge in [0.25, 0.3) is 0 Å². The Kier molecular flexibility index (Phi) is 5.69. The maximum Gasteiger partial charge on any atom is 0.312 e. The van der Waals surface area contributed by atoms with Crippen LogP contribution in [0.1, 0.15) is 5.01 Å². The van der Waals surface area contributed by atoms with Crippen molar-refractivity contribution in [1.29, 1.82) is 0 Å². The van der Waals surface area contributed by atoms with E-state index < -0.39 is 14.9 Å². The van der Waals surface area contributed by atoms with Gasteiger partial charge in [-0.25, -0.2) is 13.4 Å². The summed E-state index contributed by atoms with van der Waals surface area (Å²) in [5.41, 5.74) is 0.605. The highest BCUT2D eigenvalue weighted by atomic mass is 32.2. The molecule has 0 atom stereocenters. The van der Waals surface area contributed by atoms with Gasteiger partial charge < -0.3 is 4.74 Å². The number of hydrogen-bond acceptors (Lipinski definition) is 8. The minimum Gasteiger partial charge on any atom is -0.490 e. The highest BCUT2D eigenvalue weighted by Crippen LogP contribution is 2.31. The van der Waals surface area contributed by atoms with Gasteiger partial charge in [-0.2, -0.15) is 4.31 Å². The first-order valence-corrected chi connectivity index (χ1v) is 11.5. The summed E-state index contributed by atoms with van der Waals surface area (Å²) in [5.74, 6) is 0.0274. The minimum absolute atomic E-state index is 0.0274. The average molecular weight is 449 g/mol. The van der Waals surface area contributed by atoms with Crippen LogP contribution in [0.5, 0.6) is 5.75 Å². The van der Waals surface area contributed by atoms with Crippen molar-refractivity contribution < 1.29 is 18.1 Å². The van der Waals surface area contributed by atoms with Gasteiger partial charge in [-0.1, -0.05) is 12.1 Å². The third-order valence-corrected chi connectivity index (χ3v) is 7.93. The van der Waals surface area contributed by atoms with Crippen molar-refractivity contribution in [3.8, 4) is 5.75 Å². The van der Waals surface area contributed by atoms with Crippen LogP contribution >= 0.6 is 11.3 Å². The van der Waals surface area contributed by atoms with Gasteiger partial charge >= 0.3 is 5.69 Å². The van der Waals surface area contributed by atoms with Crippen molar-refractivity contribution in [2.75, 3.05) is 33.3 Å². The molecule has 0 bridgehead atoms. The van der Waals surface area contributed by atoms with Crippen LogP contribution in [-0.4, -0.2) is 60.8 Å². The van der Waals surface area contributed by atoms with Crippen LogP contribution in [-0.2, 0) is 16.6 Å². The fourth-order valence-electron chi connectivity index (χ4n) is 3.43. The molecule has 0 amide bonds. The number of hydrogen-bond donors (Lipinski definition) is 0. The number of methoxy groups -OCH3 is 1. The lowest BCUT2D eigenvalue weighted by Crippen LogP contribution is -2.48. The number of nitrogens with zero attached hydrogens (tertiary/aromatic N) is 4. The zero-order chi connectivity index (χ0) is 21.3. The molecule has 11 heteroatoms. The number of benzene rings is 2. The van der Waals surface area contributed by atoms with Gasteiger partial charge in [0.05, 0.1) is 33.7 Å². The molecule has 1 aliphatic rings. The molecule has 0 spiro atoms. The summed E-state index contributed by atoms with van der Waals surface area (Å²) < 4.78 is 33.4. The molecule has 30 heavy (non-hydrogen) atoms. The van der Waals surface area contributed by atoms with Crippen molar-refractivity contribution in [1.82, 2.24) is 14.2 Å². The molecule has 3 aromatic rings. The summed E-state index contributed by atoms with van der Waals surface area (Å²) in [6.45, 7) is 2.42. The van der Waals surface area contributed by atoms with E-state index in [0.717, 1.165) is 21.3 Å². The Hall–Kier alpha value is -2.60. The van der Waals surface area contributed by atoms with E-state index >= 15 is 0 Å². The van der Waals surface area contributed by atoms with Crippen LogP contribution in [0.25, 0.3) is 10.2 Å². The predicted octanol–water partition coefficient (Wildman–Crippen LogP) is 2.72. The first kappa shape index (κ1) is 20.7. The molecule has 4 rings (SSSR count). The molecule has 158 valence electrons. The summed E-state index contributed by atoms with van der Waals surface area (Å²) in [5, 5.41) is 12.2. The van der Waals surface area contributed by atoms with Gasteiger partial charge in [0.15, 0.2) is 5.75 Å². The second-order valence-corrected chi connectivity index (χ2v) is 9.90. The lowest BCUT2D eigenvalue weighted by Gasteiger charge is -2.33. The number of para-hydroxylation sites is 1. The van der Waals surface area contributed by atoms with Crippen LogP contribution in [0.4, 0.5) is 5.69 Å². The van der Waals surface area contributed by atoms with Gasteiger partial charge in [0.1, 0.15) is 5.01 Å². The van der Waals surface area contributed by atoms with Gasteiger partial charge in [0.2, 0.25) is 10.0 Å². The number of ether oxygens (including phenoxy) is 1. The third kappa shape index (κ3) is 4.01. The monoisotopic (exact) mass is 448 g/mol. The molecule has 2 aromatic carbocycles. The van der Waals surface area contributed by atoms with Crippen LogP contribution in [0.2, 0.25) is 0 Å². The lowest BCUT2D eigenvalue weighted by atomic mass is 10.3. The average Bonchev–Trinajstić information content (AvgIpc) is 3.15. The number of thiazole rings is 1. The SMILES string of the molecule is COc1ccc(S(=O)(=O)N2CCN(Cc3nc4ccccc4s3)CC2)cc1[N+](=O)[O-]. The molecule has 0 aliphatic carbocycles. The van der Waals surface area contributed by atoms with Crippen molar-refractivity contribution in [3.05, 3.63) is 57.6 Å². The van der Waals surface area contributed by atoms with E-state index in [2.05, 4.69) is 9.88 Å². The fraction of sp³-hybridized carbons (Fsp3) is 0.316. The van der Waals surface area contributed by atoms with E-state index in [9.17, 15) is 18.5 Å². The Morgan fingerprint density at radius 3 is 2.57 bits per heavy atom. The number of rotatable bonds is 6. The summed E-state index contributed by atoms with van der Waals surface area (Å²) in [4.78, 5) is 17.3. The molecular weight excluding hydrogens is 428 g/mol. The Bertz CT molecular complexity index is 1150. The zero-order valence-electron chi connectivity index (χ0n) is 16.2. The molecule has 0 radical (unpaired) electrons. The molecule has 1 aromatic heterocycles. The van der Waals surface area contributed by atoms with Gasteiger partial charge in [-0.3, -0.25) is 15.0 Å². The predicted molar refractivity (Wildman–Crippen MR) is 113 cm³/mol. The Balaban J connectivity index is 1.45. The van der Waals surface area contributed by atoms with E-state index in [-0.39, 0.29) is 16.3 Å². The van der Waals surface area contributed by atoms with E-state index in [0.29, 0.717) is 32.7 Å². The molecular formula is C19H20N4O5S2. The first-order chi connectivity index (χ1) is 14.4. The minimum atomic E-state index is -3.83. The van der Waals surface area contributed by atoms with E-state index in [4.69, 9.17) is 4.74 Å². The smallest absolute Gasteiger partial charge is 0.312 e. The summed E-state index contributed by atoms with van der Waals surface area (Å²) in [6, 6.07) is 11.7. The molecule has 9 nitrogen and oxygen atoms in total. The van der Waals surface area contributed by atoms with Crippen molar-refractivity contribution >= 4 is 37.3 Å². The maximum absolute atomic E-state index is 13.0. The fourth-order valence-corrected chi connectivity index (χ4v) is 5.88. The van der Waals surface area contributed by atoms with Gasteiger partial charge in [-0.15, -0.1) is 11.3 Å². The number of nitro benzene ring substituents is 1. The third-order valence-electron chi connectivity index (χ3n) is 5.01. The van der Waals surface area contributed by atoms with Crippen LogP contribution in [0.15, 0.2) is 47.4 Å². The molecule has 1 fully saturated rings. The topological polar surface area (TPSA) is 106 Å². The van der Waals surface area contributed by atoms with Crippen LogP contribution < -0.4 is 4.74 Å². The van der Waals surface area contributed by atoms with Crippen molar-refractivity contribution in [2.45, 2.75) is 11.4 Å². The van der Waals surface area contributed by atoms with Crippen molar-refractivity contribution in [3.63, 3.8) is 0 Å². The van der Waals surface area contributed by atoms with E-state index in [1.54, 1.807) is 11.3 Å². The standard InChI is InChI=1S/C19H20N4O5S2/c1-28-17-7-6-14(12-16(17)23(24)25)30(26,27)22-10-8-21(9-11-22)13-19-20-15-4-2-3-5-18(15)29-19/h2-7,12H,8-11,13H2,1H3. The molecule has 0 saturated carbocycles. The quantitative estimate of drug-likeness (QED) is 0.422. The van der Waals surface area contributed by atoms with Crippen LogP contribution in [0, 0.1) is 10.1 Å². The molecule has 1 saturated heterocycles. The van der Waals surface area contributed by atoms with Crippen molar-refractivity contribution in [2.24, 2.45) is 0 Å². The molecule has 0 N–H and O–H groups in total. The molecule has 0 unspecified atom stereocenters. The summed E-state index contributed by atoms with van der Waals surface area (Å²) in [6.07, 6.45) is 0. The highest BCUT2D eigenvalue weighted by molar-refractivity contribution is 7.89. The summed E-state index contributed by atoms with van der Waals surface area (Å²) in [7, 11) is -2.52. The number of fused-ring (bicyclic) bond motifs is 1. The van der Waals surface area contributed by atoms with Gasteiger partial charge in [-0.05, 0) is 24.3 Å². The van der Waals surface area contributed by atoms with Crippen LogP contribution in [0.3, 0.4) is 0 Å². The summed E-state index contributed by atoms with van der Waals surface area (Å²) >= 11 is 1.64. The number of nitro groups is 1. The Morgan fingerprint density at radius 1 is 1.17 bits per heavy atom. The number of aromatic nitrogens is 1. The second-order valence-electron chi connectivity index (χ2n) is 6.85. The van der Waals surface area contributed by atoms with Gasteiger partial charge in [0, 0.05) is 32.2 Å². The molecule has 2 heterocycles. The first-order valence-electron chi connectivity index (χ1n) is 9.28. The highest BCUT2D eigenvalue weighted by Gasteiger charge is 2.31. The number of sulfonamides is 1. The van der Waals surface area contributed by atoms with E-state index in [1.165, 1.54) is 23.5 Å². The normalized spacial score (nSPS) is 16.0. The second kappa shape index (κ2) is 8.26. The zero-order valence-corrected chi connectivity index (χ0v) is 17.9. The maximum atomic E-state index is 13.0. The largest absolute Gasteiger partial charge is 0.490 e.